The van der Waals surface area contributed by atoms with Gasteiger partial charge in [0.25, 0.3) is 0 Å². The summed E-state index contributed by atoms with van der Waals surface area (Å²) in [4.78, 5) is 28.8. The first kappa shape index (κ1) is 29.1. The number of thioether (sulfide) groups is 1. The van der Waals surface area contributed by atoms with Crippen molar-refractivity contribution in [1.82, 2.24) is 10.2 Å². The van der Waals surface area contributed by atoms with Gasteiger partial charge in [0.2, 0.25) is 11.8 Å². The van der Waals surface area contributed by atoms with Gasteiger partial charge in [0.1, 0.15) is 6.04 Å². The van der Waals surface area contributed by atoms with Crippen molar-refractivity contribution in [3.8, 4) is 0 Å². The average Bonchev–Trinajstić information content (AvgIpc) is 2.83. The molecular weight excluding hydrogens is 523 g/mol. The van der Waals surface area contributed by atoms with Crippen LogP contribution in [-0.4, -0.2) is 34.6 Å². The number of hydrogen-bond acceptors (Lipinski definition) is 3. The molecule has 2 amide bonds. The van der Waals surface area contributed by atoms with Gasteiger partial charge in [-0.1, -0.05) is 88.9 Å². The largest absolute Gasteiger partial charge is 0.352 e. The smallest absolute Gasteiger partial charge is 0.243 e. The Morgan fingerprint density at radius 1 is 0.865 bits per heavy atom. The van der Waals surface area contributed by atoms with Gasteiger partial charge < -0.3 is 10.2 Å². The second kappa shape index (κ2) is 13.9. The van der Waals surface area contributed by atoms with Crippen LogP contribution >= 0.6 is 35.0 Å². The Hall–Kier alpha value is -2.47. The Bertz CT molecular complexity index is 1200. The van der Waals surface area contributed by atoms with E-state index in [0.717, 1.165) is 16.9 Å². The molecule has 0 heterocycles. The number of amides is 2. The molecule has 0 bridgehead atoms. The zero-order valence-electron chi connectivity index (χ0n) is 21.8. The summed E-state index contributed by atoms with van der Waals surface area (Å²) in [6.07, 6.45) is 0.411. The molecule has 1 atom stereocenters. The quantitative estimate of drug-likeness (QED) is 0.276. The molecule has 0 fully saturated rings. The van der Waals surface area contributed by atoms with Crippen molar-refractivity contribution in [2.75, 3.05) is 5.75 Å². The second-order valence-corrected chi connectivity index (χ2v) is 11.4. The van der Waals surface area contributed by atoms with E-state index in [0.29, 0.717) is 16.5 Å². The van der Waals surface area contributed by atoms with Gasteiger partial charge in [-0.25, -0.2) is 0 Å². The number of aryl methyl sites for hydroxylation is 2. The van der Waals surface area contributed by atoms with Crippen LogP contribution in [0, 0.1) is 13.8 Å². The number of carbonyl (C=O) groups excluding carboxylic acids is 2. The summed E-state index contributed by atoms with van der Waals surface area (Å²) in [5.41, 5.74) is 5.40. The van der Waals surface area contributed by atoms with Gasteiger partial charge in [-0.15, -0.1) is 11.8 Å². The van der Waals surface area contributed by atoms with Crippen LogP contribution in [0.25, 0.3) is 0 Å². The molecule has 37 heavy (non-hydrogen) atoms. The molecule has 0 aromatic heterocycles. The van der Waals surface area contributed by atoms with Gasteiger partial charge in [0.15, 0.2) is 0 Å². The van der Waals surface area contributed by atoms with Crippen LogP contribution in [0.5, 0.6) is 0 Å². The molecule has 4 nitrogen and oxygen atoms in total. The highest BCUT2D eigenvalue weighted by Gasteiger charge is 2.30. The van der Waals surface area contributed by atoms with Crippen LogP contribution < -0.4 is 5.32 Å². The van der Waals surface area contributed by atoms with E-state index in [1.165, 1.54) is 16.7 Å². The third-order valence-electron chi connectivity index (χ3n) is 5.81. The Kier molecular flexibility index (Phi) is 10.9. The molecular formula is C30H34Cl2N2O2S. The molecule has 1 N–H and O–H groups in total. The third kappa shape index (κ3) is 9.10. The average molecular weight is 558 g/mol. The van der Waals surface area contributed by atoms with E-state index in [2.05, 4.69) is 37.4 Å². The van der Waals surface area contributed by atoms with Crippen LogP contribution in [0.2, 0.25) is 10.0 Å². The summed E-state index contributed by atoms with van der Waals surface area (Å²) in [5.74, 6) is 0.706. The molecule has 3 aromatic carbocycles. The van der Waals surface area contributed by atoms with E-state index >= 15 is 0 Å². The number of nitrogens with zero attached hydrogens (tertiary/aromatic N) is 1. The van der Waals surface area contributed by atoms with Crippen molar-refractivity contribution >= 4 is 46.8 Å². The summed E-state index contributed by atoms with van der Waals surface area (Å²) in [7, 11) is 0. The molecule has 1 unspecified atom stereocenters. The number of halogens is 2. The van der Waals surface area contributed by atoms with Gasteiger partial charge in [-0.3, -0.25) is 9.59 Å². The van der Waals surface area contributed by atoms with Gasteiger partial charge in [-0.2, -0.15) is 0 Å². The van der Waals surface area contributed by atoms with E-state index in [9.17, 15) is 9.59 Å². The molecule has 3 rings (SSSR count). The minimum absolute atomic E-state index is 0.0494. The molecule has 0 aliphatic carbocycles. The second-order valence-electron chi connectivity index (χ2n) is 9.63. The highest BCUT2D eigenvalue weighted by molar-refractivity contribution is 7.99. The maximum absolute atomic E-state index is 13.7. The maximum Gasteiger partial charge on any atom is 0.243 e. The highest BCUT2D eigenvalue weighted by atomic mass is 35.5. The molecule has 0 saturated carbocycles. The standard InChI is InChI=1S/C30H34Cl2N2O2S/c1-20(2)33-30(36)28(16-23-8-6-5-7-9-23)34(17-24-10-11-26(31)27(32)15-24)29(35)19-37-18-25-13-21(3)12-22(4)14-25/h5-15,20,28H,16-19H2,1-4H3,(H,33,36). The molecule has 0 aliphatic heterocycles. The fourth-order valence-corrected chi connectivity index (χ4v) is 5.43. The molecule has 0 spiro atoms. The van der Waals surface area contributed by atoms with E-state index < -0.39 is 6.04 Å². The molecule has 7 heteroatoms. The fourth-order valence-electron chi connectivity index (χ4n) is 4.26. The van der Waals surface area contributed by atoms with Crippen molar-refractivity contribution < 1.29 is 9.59 Å². The Morgan fingerprint density at radius 2 is 1.54 bits per heavy atom. The van der Waals surface area contributed by atoms with Crippen LogP contribution in [0.15, 0.2) is 66.7 Å². The minimum Gasteiger partial charge on any atom is -0.352 e. The Labute approximate surface area is 234 Å². The zero-order valence-corrected chi connectivity index (χ0v) is 24.1. The summed E-state index contributed by atoms with van der Waals surface area (Å²) in [6, 6.07) is 20.8. The van der Waals surface area contributed by atoms with Crippen molar-refractivity contribution in [2.24, 2.45) is 0 Å². The van der Waals surface area contributed by atoms with Gasteiger partial charge >= 0.3 is 0 Å². The van der Waals surface area contributed by atoms with Crippen molar-refractivity contribution in [1.29, 1.82) is 0 Å². The van der Waals surface area contributed by atoms with Crippen molar-refractivity contribution in [3.05, 3.63) is 105 Å². The number of nitrogens with one attached hydrogen (secondary N) is 1. The van der Waals surface area contributed by atoms with E-state index in [1.807, 2.05) is 50.2 Å². The number of rotatable bonds is 11. The van der Waals surface area contributed by atoms with Gasteiger partial charge in [0.05, 0.1) is 15.8 Å². The van der Waals surface area contributed by atoms with E-state index in [-0.39, 0.29) is 30.2 Å². The van der Waals surface area contributed by atoms with E-state index in [4.69, 9.17) is 23.2 Å². The molecule has 196 valence electrons. The summed E-state index contributed by atoms with van der Waals surface area (Å²) in [6.45, 7) is 8.24. The fraction of sp³-hybridized carbons (Fsp3) is 0.333. The molecule has 3 aromatic rings. The zero-order chi connectivity index (χ0) is 26.9. The monoisotopic (exact) mass is 556 g/mol. The first-order chi connectivity index (χ1) is 17.6. The molecule has 0 aliphatic rings. The van der Waals surface area contributed by atoms with Crippen LogP contribution in [-0.2, 0) is 28.3 Å². The lowest BCUT2D eigenvalue weighted by Gasteiger charge is -2.32. The lowest BCUT2D eigenvalue weighted by atomic mass is 10.0. The van der Waals surface area contributed by atoms with Crippen molar-refractivity contribution in [2.45, 2.75) is 58.5 Å². The Balaban J connectivity index is 1.87. The van der Waals surface area contributed by atoms with Gasteiger partial charge in [-0.05, 0) is 56.5 Å². The topological polar surface area (TPSA) is 49.4 Å². The minimum atomic E-state index is -0.673. The summed E-state index contributed by atoms with van der Waals surface area (Å²) in [5, 5.41) is 3.88. The lowest BCUT2D eigenvalue weighted by molar-refractivity contribution is -0.139. The first-order valence-electron chi connectivity index (χ1n) is 12.3. The van der Waals surface area contributed by atoms with Crippen LogP contribution in [0.1, 0.15) is 41.7 Å². The molecule has 0 radical (unpaired) electrons. The Morgan fingerprint density at radius 3 is 2.16 bits per heavy atom. The maximum atomic E-state index is 13.7. The SMILES string of the molecule is Cc1cc(C)cc(CSCC(=O)N(Cc2ccc(Cl)c(Cl)c2)C(Cc2ccccc2)C(=O)NC(C)C)c1. The summed E-state index contributed by atoms with van der Waals surface area (Å²) < 4.78 is 0. The van der Waals surface area contributed by atoms with E-state index in [1.54, 1.807) is 28.8 Å². The van der Waals surface area contributed by atoms with Crippen LogP contribution in [0.4, 0.5) is 0 Å². The highest BCUT2D eigenvalue weighted by Crippen LogP contribution is 2.25. The predicted octanol–water partition coefficient (Wildman–Crippen LogP) is 7.01. The van der Waals surface area contributed by atoms with Crippen LogP contribution in [0.3, 0.4) is 0 Å². The number of carbonyl (C=O) groups is 2. The molecule has 0 saturated heterocycles. The third-order valence-corrected chi connectivity index (χ3v) is 7.54. The number of benzene rings is 3. The predicted molar refractivity (Wildman–Crippen MR) is 156 cm³/mol. The normalized spacial score (nSPS) is 11.9. The van der Waals surface area contributed by atoms with Crippen molar-refractivity contribution in [3.63, 3.8) is 0 Å². The van der Waals surface area contributed by atoms with Gasteiger partial charge in [0, 0.05) is 24.8 Å². The first-order valence-corrected chi connectivity index (χ1v) is 14.3. The summed E-state index contributed by atoms with van der Waals surface area (Å²) >= 11 is 14.0. The number of hydrogen-bond donors (Lipinski definition) is 1. The lowest BCUT2D eigenvalue weighted by Crippen LogP contribution is -2.52.